The third-order valence-corrected chi connectivity index (χ3v) is 2.05. The molecule has 0 saturated heterocycles. The minimum Gasteiger partial charge on any atom is -0.444 e. The second-order valence-electron chi connectivity index (χ2n) is 5.42. The number of hydrogen-bond acceptors (Lipinski definition) is 3. The predicted octanol–water partition coefficient (Wildman–Crippen LogP) is 2.47. The van der Waals surface area contributed by atoms with Gasteiger partial charge in [0.1, 0.15) is 11.9 Å². The fraction of sp³-hybridized carbons (Fsp3) is 0.833. The van der Waals surface area contributed by atoms with E-state index in [2.05, 4.69) is 0 Å². The molecule has 0 saturated carbocycles. The second-order valence-corrected chi connectivity index (χ2v) is 5.42. The lowest BCUT2D eigenvalue weighted by Crippen LogP contribution is -2.42. The van der Waals surface area contributed by atoms with Gasteiger partial charge in [0, 0.05) is 7.05 Å². The Hall–Kier alpha value is -1.06. The fourth-order valence-electron chi connectivity index (χ4n) is 1.26. The average Bonchev–Trinajstić information content (AvgIpc) is 2.09. The predicted molar refractivity (Wildman–Crippen MR) is 63.3 cm³/mol. The summed E-state index contributed by atoms with van der Waals surface area (Å²) in [5.41, 5.74) is -0.531. The van der Waals surface area contributed by atoms with Crippen molar-refractivity contribution < 1.29 is 14.3 Å². The van der Waals surface area contributed by atoms with Gasteiger partial charge in [-0.1, -0.05) is 13.8 Å². The Bertz CT molecular complexity index is 243. The number of likely N-dealkylation sites (N-methyl/N-ethyl adjacent to an activating group) is 1. The summed E-state index contributed by atoms with van der Waals surface area (Å²) in [6.45, 7) is 9.43. The molecule has 0 rings (SSSR count). The van der Waals surface area contributed by atoms with E-state index < -0.39 is 17.7 Å². The van der Waals surface area contributed by atoms with Gasteiger partial charge in [-0.05, 0) is 33.1 Å². The molecule has 0 aromatic carbocycles. The van der Waals surface area contributed by atoms with Crippen molar-refractivity contribution >= 4 is 12.4 Å². The number of rotatable bonds is 4. The summed E-state index contributed by atoms with van der Waals surface area (Å²) in [5, 5.41) is 0. The highest BCUT2D eigenvalue weighted by molar-refractivity contribution is 5.73. The highest BCUT2D eigenvalue weighted by atomic mass is 16.6. The van der Waals surface area contributed by atoms with Crippen LogP contribution in [-0.4, -0.2) is 36.0 Å². The summed E-state index contributed by atoms with van der Waals surface area (Å²) in [5.74, 6) is 0.361. The van der Waals surface area contributed by atoms with Gasteiger partial charge >= 0.3 is 6.09 Å². The fourth-order valence-corrected chi connectivity index (χ4v) is 1.26. The molecule has 0 fully saturated rings. The van der Waals surface area contributed by atoms with Gasteiger partial charge in [-0.25, -0.2) is 4.79 Å². The molecule has 0 aromatic heterocycles. The van der Waals surface area contributed by atoms with Crippen molar-refractivity contribution in [2.45, 2.75) is 52.7 Å². The van der Waals surface area contributed by atoms with Crippen LogP contribution in [0.1, 0.15) is 41.0 Å². The number of carbonyl (C=O) groups is 2. The zero-order valence-corrected chi connectivity index (χ0v) is 11.1. The largest absolute Gasteiger partial charge is 0.444 e. The molecule has 0 radical (unpaired) electrons. The Balaban J connectivity index is 4.44. The summed E-state index contributed by atoms with van der Waals surface area (Å²) < 4.78 is 5.19. The number of carbonyl (C=O) groups excluding carboxylic acids is 2. The van der Waals surface area contributed by atoms with Crippen LogP contribution in [-0.2, 0) is 9.53 Å². The molecular formula is C12H23NO3. The number of ether oxygens (including phenoxy) is 1. The van der Waals surface area contributed by atoms with E-state index in [4.69, 9.17) is 4.74 Å². The van der Waals surface area contributed by atoms with E-state index in [0.717, 1.165) is 6.29 Å². The molecule has 0 N–H and O–H groups in total. The van der Waals surface area contributed by atoms with E-state index in [1.54, 1.807) is 27.8 Å². The topological polar surface area (TPSA) is 46.6 Å². The molecule has 94 valence electrons. The minimum absolute atomic E-state index is 0.361. The van der Waals surface area contributed by atoms with Gasteiger partial charge in [-0.2, -0.15) is 0 Å². The van der Waals surface area contributed by atoms with Gasteiger partial charge in [0.15, 0.2) is 0 Å². The second kappa shape index (κ2) is 5.87. The van der Waals surface area contributed by atoms with Crippen molar-refractivity contribution in [2.24, 2.45) is 5.92 Å². The average molecular weight is 229 g/mol. The van der Waals surface area contributed by atoms with Crippen LogP contribution in [0.3, 0.4) is 0 Å². The van der Waals surface area contributed by atoms with Gasteiger partial charge in [0.25, 0.3) is 0 Å². The lowest BCUT2D eigenvalue weighted by molar-refractivity contribution is -0.112. The maximum absolute atomic E-state index is 11.7. The van der Waals surface area contributed by atoms with E-state index in [0.29, 0.717) is 12.3 Å². The van der Waals surface area contributed by atoms with E-state index in [1.165, 1.54) is 4.90 Å². The molecule has 16 heavy (non-hydrogen) atoms. The molecule has 1 amide bonds. The number of amides is 1. The third kappa shape index (κ3) is 5.73. The molecule has 0 aliphatic carbocycles. The summed E-state index contributed by atoms with van der Waals surface area (Å²) >= 11 is 0. The van der Waals surface area contributed by atoms with Crippen LogP contribution in [0.5, 0.6) is 0 Å². The van der Waals surface area contributed by atoms with Gasteiger partial charge in [-0.15, -0.1) is 0 Å². The molecule has 0 spiro atoms. The summed E-state index contributed by atoms with van der Waals surface area (Å²) in [4.78, 5) is 23.9. The van der Waals surface area contributed by atoms with Crippen LogP contribution in [0.25, 0.3) is 0 Å². The number of nitrogens with zero attached hydrogens (tertiary/aromatic N) is 1. The van der Waals surface area contributed by atoms with Crippen LogP contribution in [0.2, 0.25) is 0 Å². The molecular weight excluding hydrogens is 206 g/mol. The Kier molecular flexibility index (Phi) is 5.48. The first-order valence-electron chi connectivity index (χ1n) is 5.58. The minimum atomic E-state index is -0.531. The molecule has 0 unspecified atom stereocenters. The van der Waals surface area contributed by atoms with Crippen LogP contribution in [0, 0.1) is 5.92 Å². The van der Waals surface area contributed by atoms with Crippen LogP contribution < -0.4 is 0 Å². The van der Waals surface area contributed by atoms with Crippen molar-refractivity contribution in [3.05, 3.63) is 0 Å². The first-order chi connectivity index (χ1) is 7.17. The quantitative estimate of drug-likeness (QED) is 0.696. The molecule has 0 aliphatic heterocycles. The van der Waals surface area contributed by atoms with E-state index >= 15 is 0 Å². The maximum atomic E-state index is 11.7. The van der Waals surface area contributed by atoms with Gasteiger partial charge in [0.2, 0.25) is 0 Å². The molecule has 1 atom stereocenters. The molecule has 0 aliphatic rings. The molecule has 0 aromatic rings. The van der Waals surface area contributed by atoms with E-state index in [1.807, 2.05) is 13.8 Å². The SMILES string of the molecule is CC(C)C[C@H](C=O)N(C)C(=O)OC(C)(C)C. The molecule has 4 nitrogen and oxygen atoms in total. The van der Waals surface area contributed by atoms with Crippen molar-refractivity contribution in [3.8, 4) is 0 Å². The van der Waals surface area contributed by atoms with Crippen molar-refractivity contribution in [3.63, 3.8) is 0 Å². The third-order valence-electron chi connectivity index (χ3n) is 2.05. The van der Waals surface area contributed by atoms with Gasteiger partial charge < -0.3 is 14.4 Å². The summed E-state index contributed by atoms with van der Waals surface area (Å²) in [6, 6.07) is -0.408. The number of hydrogen-bond donors (Lipinski definition) is 0. The number of aldehydes is 1. The van der Waals surface area contributed by atoms with Crippen molar-refractivity contribution in [2.75, 3.05) is 7.05 Å². The van der Waals surface area contributed by atoms with Crippen LogP contribution in [0.4, 0.5) is 4.79 Å². The van der Waals surface area contributed by atoms with Crippen LogP contribution in [0.15, 0.2) is 0 Å². The van der Waals surface area contributed by atoms with Gasteiger partial charge in [-0.3, -0.25) is 0 Å². The Morgan fingerprint density at radius 3 is 2.19 bits per heavy atom. The zero-order chi connectivity index (χ0) is 12.9. The van der Waals surface area contributed by atoms with Crippen molar-refractivity contribution in [1.29, 1.82) is 0 Å². The highest BCUT2D eigenvalue weighted by Crippen LogP contribution is 2.13. The highest BCUT2D eigenvalue weighted by Gasteiger charge is 2.25. The normalized spacial score (nSPS) is 13.4. The van der Waals surface area contributed by atoms with E-state index in [9.17, 15) is 9.59 Å². The first kappa shape index (κ1) is 14.9. The standard InChI is InChI=1S/C12H23NO3/c1-9(2)7-10(8-14)13(6)11(15)16-12(3,4)5/h8-10H,7H2,1-6H3/t10-/m1/s1. The summed E-state index contributed by atoms with van der Waals surface area (Å²) in [7, 11) is 1.59. The lowest BCUT2D eigenvalue weighted by Gasteiger charge is -2.28. The maximum Gasteiger partial charge on any atom is 0.410 e. The van der Waals surface area contributed by atoms with Crippen molar-refractivity contribution in [1.82, 2.24) is 4.90 Å². The van der Waals surface area contributed by atoms with E-state index in [-0.39, 0.29) is 0 Å². The smallest absolute Gasteiger partial charge is 0.410 e. The lowest BCUT2D eigenvalue weighted by atomic mass is 10.0. The zero-order valence-electron chi connectivity index (χ0n) is 11.1. The Morgan fingerprint density at radius 2 is 1.88 bits per heavy atom. The van der Waals surface area contributed by atoms with Gasteiger partial charge in [0.05, 0.1) is 6.04 Å². The molecule has 4 heteroatoms. The molecule has 0 bridgehead atoms. The molecule has 0 heterocycles. The van der Waals surface area contributed by atoms with Crippen LogP contribution >= 0.6 is 0 Å². The Labute approximate surface area is 98.0 Å². The summed E-state index contributed by atoms with van der Waals surface area (Å²) in [6.07, 6.45) is 0.994. The Morgan fingerprint density at radius 1 is 1.38 bits per heavy atom. The monoisotopic (exact) mass is 229 g/mol. The first-order valence-corrected chi connectivity index (χ1v) is 5.58.